The van der Waals surface area contributed by atoms with Crippen LogP contribution in [0, 0.1) is 0 Å². The topological polar surface area (TPSA) is 80.0 Å². The third-order valence-corrected chi connectivity index (χ3v) is 6.27. The van der Waals surface area contributed by atoms with Gasteiger partial charge in [-0.25, -0.2) is 0 Å². The van der Waals surface area contributed by atoms with Crippen LogP contribution in [0.15, 0.2) is 87.9 Å². The van der Waals surface area contributed by atoms with Gasteiger partial charge in [-0.3, -0.25) is 14.5 Å². The number of anilines is 1. The van der Waals surface area contributed by atoms with Gasteiger partial charge in [0.2, 0.25) is 5.78 Å². The number of rotatable bonds is 6. The second kappa shape index (κ2) is 8.01. The number of ether oxygens (including phenoxy) is 1. The maximum absolute atomic E-state index is 13.5. The minimum absolute atomic E-state index is 0.00499. The average Bonchev–Trinajstić information content (AvgIpc) is 3.53. The number of hydrogen-bond acceptors (Lipinski definition) is 6. The van der Waals surface area contributed by atoms with Crippen LogP contribution in [0.3, 0.4) is 0 Å². The molecular weight excluding hydrogens is 426 g/mol. The number of nitrogens with zero attached hydrogens (tertiary/aromatic N) is 1. The summed E-state index contributed by atoms with van der Waals surface area (Å²) in [4.78, 5) is 28.8. The number of ketones is 1. The number of aliphatic hydroxyl groups is 1. The molecule has 5 rings (SSSR count). The first-order valence-electron chi connectivity index (χ1n) is 10.1. The number of furan rings is 1. The van der Waals surface area contributed by atoms with Crippen molar-refractivity contribution in [3.8, 4) is 5.75 Å². The van der Waals surface area contributed by atoms with E-state index in [1.165, 1.54) is 16.2 Å². The SMILES string of the molecule is CCOc1ccc(N2C(=O)C(O)=C(C(=O)c3cc4ccccc4o3)C2c2cccs2)cc1. The summed E-state index contributed by atoms with van der Waals surface area (Å²) in [5.74, 6) is -0.962. The zero-order valence-corrected chi connectivity index (χ0v) is 18.0. The highest BCUT2D eigenvalue weighted by Gasteiger charge is 2.45. The molecule has 0 radical (unpaired) electrons. The van der Waals surface area contributed by atoms with Crippen LogP contribution in [0.25, 0.3) is 11.0 Å². The second-order valence-corrected chi connectivity index (χ2v) is 8.24. The molecule has 1 atom stereocenters. The Balaban J connectivity index is 1.59. The first kappa shape index (κ1) is 20.1. The lowest BCUT2D eigenvalue weighted by Gasteiger charge is -2.25. The fourth-order valence-electron chi connectivity index (χ4n) is 3.92. The molecule has 0 bridgehead atoms. The largest absolute Gasteiger partial charge is 0.503 e. The van der Waals surface area contributed by atoms with Crippen LogP contribution < -0.4 is 9.64 Å². The van der Waals surface area contributed by atoms with E-state index in [-0.39, 0.29) is 11.3 Å². The number of fused-ring (bicyclic) bond motifs is 1. The molecule has 4 aromatic rings. The highest BCUT2D eigenvalue weighted by atomic mass is 32.1. The van der Waals surface area contributed by atoms with Crippen LogP contribution >= 0.6 is 11.3 Å². The van der Waals surface area contributed by atoms with Crippen molar-refractivity contribution in [3.05, 3.63) is 94.1 Å². The smallest absolute Gasteiger partial charge is 0.294 e. The quantitative estimate of drug-likeness (QED) is 0.387. The molecule has 1 aliphatic rings. The van der Waals surface area contributed by atoms with Gasteiger partial charge in [0.05, 0.1) is 12.2 Å². The predicted octanol–water partition coefficient (Wildman–Crippen LogP) is 5.68. The van der Waals surface area contributed by atoms with Crippen molar-refractivity contribution in [2.45, 2.75) is 13.0 Å². The molecule has 0 saturated carbocycles. The van der Waals surface area contributed by atoms with E-state index in [2.05, 4.69) is 0 Å². The first-order chi connectivity index (χ1) is 15.6. The molecule has 2 aromatic heterocycles. The second-order valence-electron chi connectivity index (χ2n) is 7.26. The Hall–Kier alpha value is -3.84. The molecule has 3 heterocycles. The summed E-state index contributed by atoms with van der Waals surface area (Å²) >= 11 is 1.41. The van der Waals surface area contributed by atoms with Crippen LogP contribution in [-0.2, 0) is 4.79 Å². The number of benzene rings is 2. The maximum atomic E-state index is 13.5. The van der Waals surface area contributed by atoms with Crippen LogP contribution in [0.2, 0.25) is 0 Å². The standard InChI is InChI=1S/C25H19NO5S/c1-2-30-17-11-9-16(10-12-17)26-22(20-8-5-13-32-20)21(24(28)25(26)29)23(27)19-14-15-6-3-4-7-18(15)31-19/h3-14,22,28H,2H2,1H3. The van der Waals surface area contributed by atoms with Crippen molar-refractivity contribution in [3.63, 3.8) is 0 Å². The van der Waals surface area contributed by atoms with Crippen LogP contribution in [-0.4, -0.2) is 23.4 Å². The highest BCUT2D eigenvalue weighted by molar-refractivity contribution is 7.10. The van der Waals surface area contributed by atoms with E-state index in [9.17, 15) is 14.7 Å². The van der Waals surface area contributed by atoms with Gasteiger partial charge in [-0.1, -0.05) is 24.3 Å². The van der Waals surface area contributed by atoms with E-state index in [1.807, 2.05) is 42.6 Å². The van der Waals surface area contributed by atoms with Crippen molar-refractivity contribution in [1.82, 2.24) is 0 Å². The Bertz CT molecular complexity index is 1300. The molecular formula is C25H19NO5S. The van der Waals surface area contributed by atoms with E-state index >= 15 is 0 Å². The molecule has 0 aliphatic carbocycles. The Morgan fingerprint density at radius 1 is 1.12 bits per heavy atom. The Morgan fingerprint density at radius 2 is 1.91 bits per heavy atom. The minimum atomic E-state index is -0.763. The van der Waals surface area contributed by atoms with Crippen molar-refractivity contribution in [2.24, 2.45) is 0 Å². The monoisotopic (exact) mass is 445 g/mol. The van der Waals surface area contributed by atoms with Crippen molar-refractivity contribution in [1.29, 1.82) is 0 Å². The fourth-order valence-corrected chi connectivity index (χ4v) is 4.74. The number of amides is 1. The van der Waals surface area contributed by atoms with Gasteiger partial charge in [-0.05, 0) is 54.8 Å². The van der Waals surface area contributed by atoms with Gasteiger partial charge in [-0.15, -0.1) is 11.3 Å². The van der Waals surface area contributed by atoms with Crippen molar-refractivity contribution in [2.75, 3.05) is 11.5 Å². The summed E-state index contributed by atoms with van der Waals surface area (Å²) in [5.41, 5.74) is 1.12. The van der Waals surface area contributed by atoms with Crippen molar-refractivity contribution < 1.29 is 23.8 Å². The van der Waals surface area contributed by atoms with Crippen molar-refractivity contribution >= 4 is 39.7 Å². The predicted molar refractivity (Wildman–Crippen MR) is 122 cm³/mol. The molecule has 32 heavy (non-hydrogen) atoms. The number of para-hydroxylation sites is 1. The molecule has 160 valence electrons. The number of Topliss-reactive ketones (excluding diaryl/α,β-unsaturated/α-hetero) is 1. The van der Waals surface area contributed by atoms with E-state index in [4.69, 9.17) is 9.15 Å². The summed E-state index contributed by atoms with van der Waals surface area (Å²) in [6.45, 7) is 2.42. The Labute approximate surface area is 188 Å². The molecule has 1 unspecified atom stereocenters. The van der Waals surface area contributed by atoms with Gasteiger partial charge in [0.1, 0.15) is 17.4 Å². The third kappa shape index (κ3) is 3.27. The molecule has 2 aromatic carbocycles. The number of hydrogen-bond donors (Lipinski definition) is 1. The minimum Gasteiger partial charge on any atom is -0.503 e. The van der Waals surface area contributed by atoms with Gasteiger partial charge in [0.25, 0.3) is 5.91 Å². The average molecular weight is 445 g/mol. The molecule has 1 N–H and O–H groups in total. The Morgan fingerprint density at radius 3 is 2.59 bits per heavy atom. The molecule has 0 fully saturated rings. The zero-order chi connectivity index (χ0) is 22.2. The van der Waals surface area contributed by atoms with E-state index < -0.39 is 23.5 Å². The number of carbonyl (C=O) groups is 2. The van der Waals surface area contributed by atoms with Gasteiger partial charge in [0, 0.05) is 16.0 Å². The fraction of sp³-hybridized carbons (Fsp3) is 0.120. The summed E-state index contributed by atoms with van der Waals surface area (Å²) < 4.78 is 11.2. The summed E-state index contributed by atoms with van der Waals surface area (Å²) in [5, 5.41) is 13.5. The lowest BCUT2D eigenvalue weighted by molar-refractivity contribution is -0.117. The molecule has 1 aliphatic heterocycles. The van der Waals surface area contributed by atoms with E-state index in [0.717, 1.165) is 10.3 Å². The van der Waals surface area contributed by atoms with Crippen LogP contribution in [0.1, 0.15) is 28.4 Å². The summed E-state index contributed by atoms with van der Waals surface area (Å²) in [6, 6.07) is 18.8. The maximum Gasteiger partial charge on any atom is 0.294 e. The molecule has 0 saturated heterocycles. The lowest BCUT2D eigenvalue weighted by Crippen LogP contribution is -2.30. The van der Waals surface area contributed by atoms with Gasteiger partial charge >= 0.3 is 0 Å². The normalized spacial score (nSPS) is 16.2. The highest BCUT2D eigenvalue weighted by Crippen LogP contribution is 2.44. The van der Waals surface area contributed by atoms with E-state index in [0.29, 0.717) is 23.6 Å². The lowest BCUT2D eigenvalue weighted by atomic mass is 10.00. The van der Waals surface area contributed by atoms with Gasteiger partial charge in [-0.2, -0.15) is 0 Å². The summed E-state index contributed by atoms with van der Waals surface area (Å²) in [6.07, 6.45) is 0. The molecule has 1 amide bonds. The first-order valence-corrected chi connectivity index (χ1v) is 11.0. The Kier molecular flexibility index (Phi) is 5.03. The summed E-state index contributed by atoms with van der Waals surface area (Å²) in [7, 11) is 0. The zero-order valence-electron chi connectivity index (χ0n) is 17.1. The van der Waals surface area contributed by atoms with Gasteiger partial charge in [0.15, 0.2) is 11.5 Å². The number of thiophene rings is 1. The van der Waals surface area contributed by atoms with E-state index in [1.54, 1.807) is 36.4 Å². The molecule has 0 spiro atoms. The number of aliphatic hydroxyl groups excluding tert-OH is 1. The number of carbonyl (C=O) groups excluding carboxylic acids is 2. The van der Waals surface area contributed by atoms with Gasteiger partial charge < -0.3 is 14.3 Å². The molecule has 6 nitrogen and oxygen atoms in total. The van der Waals surface area contributed by atoms with Crippen LogP contribution in [0.5, 0.6) is 5.75 Å². The third-order valence-electron chi connectivity index (χ3n) is 5.34. The molecule has 7 heteroatoms. The van der Waals surface area contributed by atoms with Crippen LogP contribution in [0.4, 0.5) is 5.69 Å².